The Bertz CT molecular complexity index is 1560. The summed E-state index contributed by atoms with van der Waals surface area (Å²) in [4.78, 5) is 36.9. The van der Waals surface area contributed by atoms with Gasteiger partial charge in [-0.25, -0.2) is 14.4 Å². The van der Waals surface area contributed by atoms with Crippen molar-refractivity contribution >= 4 is 34.2 Å². The van der Waals surface area contributed by atoms with Gasteiger partial charge in [0.05, 0.1) is 18.9 Å². The maximum atomic E-state index is 15.4. The van der Waals surface area contributed by atoms with Crippen molar-refractivity contribution in [3.05, 3.63) is 77.3 Å². The highest BCUT2D eigenvalue weighted by Crippen LogP contribution is 2.40. The van der Waals surface area contributed by atoms with Crippen molar-refractivity contribution in [3.8, 4) is 28.1 Å². The van der Waals surface area contributed by atoms with Gasteiger partial charge in [0.25, 0.3) is 0 Å². The zero-order chi connectivity index (χ0) is 28.4. The summed E-state index contributed by atoms with van der Waals surface area (Å²) in [5.74, 6) is -1.85. The average molecular weight is 565 g/mol. The van der Waals surface area contributed by atoms with Crippen LogP contribution in [0.15, 0.2) is 60.8 Å². The number of halogens is 2. The molecule has 0 radical (unpaired) electrons. The summed E-state index contributed by atoms with van der Waals surface area (Å²) in [5, 5.41) is 8.74. The van der Waals surface area contributed by atoms with Crippen molar-refractivity contribution in [2.45, 2.75) is 12.8 Å². The van der Waals surface area contributed by atoms with Crippen molar-refractivity contribution in [1.82, 2.24) is 9.97 Å². The number of aromatic nitrogens is 2. The van der Waals surface area contributed by atoms with Gasteiger partial charge in [0.2, 0.25) is 11.0 Å². The average Bonchev–Trinajstić information content (AvgIpc) is 3.33. The molecule has 1 amide bonds. The monoisotopic (exact) mass is 564 g/mol. The number of fused-ring (bicyclic) bond motifs is 1. The van der Waals surface area contributed by atoms with E-state index in [0.29, 0.717) is 47.2 Å². The molecule has 2 aromatic heterocycles. The Morgan fingerprint density at radius 3 is 2.67 bits per heavy atom. The van der Waals surface area contributed by atoms with Crippen LogP contribution in [0, 0.1) is 16.9 Å². The Balaban J connectivity index is 1.48. The number of aliphatic carboxylic acids is 1. The molecule has 5 rings (SSSR count). The van der Waals surface area contributed by atoms with Gasteiger partial charge in [-0.3, -0.25) is 14.5 Å². The van der Waals surface area contributed by atoms with E-state index in [2.05, 4.69) is 9.97 Å². The Kier molecular flexibility index (Phi) is 7.74. The number of hydrogen-bond donors (Lipinski definition) is 1. The molecule has 11 heteroatoms. The fraction of sp³-hybridized carbons (Fsp3) is 0.241. The van der Waals surface area contributed by atoms with Gasteiger partial charge in [0.1, 0.15) is 18.1 Å². The first kappa shape index (κ1) is 27.2. The van der Waals surface area contributed by atoms with E-state index in [1.165, 1.54) is 25.2 Å². The van der Waals surface area contributed by atoms with E-state index in [1.54, 1.807) is 12.3 Å². The molecule has 8 nitrogen and oxygen atoms in total. The third-order valence-corrected chi connectivity index (χ3v) is 7.63. The van der Waals surface area contributed by atoms with Crippen LogP contribution in [0.2, 0.25) is 0 Å². The van der Waals surface area contributed by atoms with Crippen molar-refractivity contribution < 1.29 is 28.2 Å². The van der Waals surface area contributed by atoms with Crippen molar-refractivity contribution in [2.75, 3.05) is 37.0 Å². The second kappa shape index (κ2) is 11.4. The van der Waals surface area contributed by atoms with Crippen LogP contribution in [0.25, 0.3) is 22.4 Å². The molecule has 40 heavy (non-hydrogen) atoms. The number of benzene rings is 2. The SMILES string of the molecule is CN1CCOc2cc(-c3ccc(F)cc3-c3nc(N(C)C(=O)[C@@H](CC(=O)O)Cc4ccccc4)sc3F)cnc21. The summed E-state index contributed by atoms with van der Waals surface area (Å²) in [6, 6.07) is 14.8. The standard InChI is InChI=1S/C29H26F2N4O4S/c1-34-10-11-39-23-13-19(16-32-27(23)34)21-9-8-20(30)15-22(21)25-26(31)40-29(33-25)35(2)28(38)18(14-24(36)37)12-17-6-4-3-5-7-17/h3-9,13,15-16,18H,10-12,14H2,1-2H3,(H,36,37)/t18-/m1/s1. The first-order chi connectivity index (χ1) is 19.2. The van der Waals surface area contributed by atoms with E-state index in [9.17, 15) is 19.1 Å². The molecular formula is C29H26F2N4O4S. The maximum absolute atomic E-state index is 15.4. The van der Waals surface area contributed by atoms with Gasteiger partial charge in [-0.1, -0.05) is 47.7 Å². The number of nitrogens with zero attached hydrogens (tertiary/aromatic N) is 4. The molecular weight excluding hydrogens is 538 g/mol. The van der Waals surface area contributed by atoms with Crippen LogP contribution < -0.4 is 14.5 Å². The number of hydrogen-bond acceptors (Lipinski definition) is 7. The first-order valence-corrected chi connectivity index (χ1v) is 13.4. The van der Waals surface area contributed by atoms with Crippen LogP contribution in [0.4, 0.5) is 19.7 Å². The summed E-state index contributed by atoms with van der Waals surface area (Å²) in [6.45, 7) is 1.18. The topological polar surface area (TPSA) is 95.9 Å². The summed E-state index contributed by atoms with van der Waals surface area (Å²) in [5.41, 5.74) is 1.96. The predicted molar refractivity (Wildman–Crippen MR) is 149 cm³/mol. The third kappa shape index (κ3) is 5.64. The van der Waals surface area contributed by atoms with E-state index in [4.69, 9.17) is 4.74 Å². The Morgan fingerprint density at radius 2 is 1.93 bits per heavy atom. The van der Waals surface area contributed by atoms with E-state index in [-0.39, 0.29) is 22.8 Å². The number of likely N-dealkylation sites (N-methyl/N-ethyl adjacent to an activating group) is 1. The number of thiazole rings is 1. The molecule has 1 aliphatic heterocycles. The normalized spacial score (nSPS) is 13.3. The molecule has 0 fully saturated rings. The summed E-state index contributed by atoms with van der Waals surface area (Å²) in [7, 11) is 3.33. The Labute approximate surface area is 233 Å². The molecule has 0 aliphatic carbocycles. The van der Waals surface area contributed by atoms with Gasteiger partial charge in [0.15, 0.2) is 16.7 Å². The van der Waals surface area contributed by atoms with E-state index in [1.807, 2.05) is 42.3 Å². The second-order valence-corrected chi connectivity index (χ2v) is 10.4. The van der Waals surface area contributed by atoms with Crippen LogP contribution in [0.5, 0.6) is 5.75 Å². The van der Waals surface area contributed by atoms with E-state index in [0.717, 1.165) is 10.5 Å². The van der Waals surface area contributed by atoms with Gasteiger partial charge in [-0.2, -0.15) is 4.39 Å². The summed E-state index contributed by atoms with van der Waals surface area (Å²) >= 11 is 0.632. The molecule has 1 aliphatic rings. The van der Waals surface area contributed by atoms with Gasteiger partial charge < -0.3 is 14.7 Å². The summed E-state index contributed by atoms with van der Waals surface area (Å²) in [6.07, 6.45) is 1.42. The molecule has 0 saturated carbocycles. The molecule has 4 aromatic rings. The lowest BCUT2D eigenvalue weighted by Crippen LogP contribution is -2.35. The van der Waals surface area contributed by atoms with Gasteiger partial charge in [0, 0.05) is 31.4 Å². The Hall–Kier alpha value is -4.38. The number of carbonyl (C=O) groups is 2. The maximum Gasteiger partial charge on any atom is 0.304 e. The fourth-order valence-corrected chi connectivity index (χ4v) is 5.44. The fourth-order valence-electron chi connectivity index (χ4n) is 4.66. The molecule has 0 saturated heterocycles. The van der Waals surface area contributed by atoms with Crippen LogP contribution in [0.3, 0.4) is 0 Å². The minimum atomic E-state index is -1.12. The molecule has 2 aromatic carbocycles. The summed E-state index contributed by atoms with van der Waals surface area (Å²) < 4.78 is 35.6. The zero-order valence-electron chi connectivity index (χ0n) is 21.8. The van der Waals surface area contributed by atoms with Gasteiger partial charge in [-0.05, 0) is 35.7 Å². The lowest BCUT2D eigenvalue weighted by atomic mass is 9.95. The molecule has 1 N–H and O–H groups in total. The van der Waals surface area contributed by atoms with Crippen molar-refractivity contribution in [1.29, 1.82) is 0 Å². The lowest BCUT2D eigenvalue weighted by Gasteiger charge is -2.26. The second-order valence-electron chi connectivity index (χ2n) is 9.51. The van der Waals surface area contributed by atoms with Crippen LogP contribution in [-0.4, -0.2) is 54.2 Å². The number of pyridine rings is 1. The van der Waals surface area contributed by atoms with Gasteiger partial charge >= 0.3 is 5.97 Å². The number of amides is 1. The number of carbonyl (C=O) groups excluding carboxylic acids is 1. The number of anilines is 2. The predicted octanol–water partition coefficient (Wildman–Crippen LogP) is 5.28. The molecule has 3 heterocycles. The first-order valence-electron chi connectivity index (χ1n) is 12.5. The van der Waals surface area contributed by atoms with E-state index >= 15 is 4.39 Å². The number of carboxylic acid groups (broad SMARTS) is 1. The highest BCUT2D eigenvalue weighted by Gasteiger charge is 2.29. The Morgan fingerprint density at radius 1 is 1.15 bits per heavy atom. The van der Waals surface area contributed by atoms with Crippen LogP contribution in [0.1, 0.15) is 12.0 Å². The molecule has 0 bridgehead atoms. The molecule has 0 unspecified atom stereocenters. The van der Waals surface area contributed by atoms with Crippen LogP contribution in [-0.2, 0) is 16.0 Å². The van der Waals surface area contributed by atoms with Crippen LogP contribution >= 0.6 is 11.3 Å². The number of carboxylic acids is 1. The quantitative estimate of drug-likeness (QED) is 0.311. The van der Waals surface area contributed by atoms with E-state index < -0.39 is 35.2 Å². The minimum Gasteiger partial charge on any atom is -0.488 e. The van der Waals surface area contributed by atoms with Crippen molar-refractivity contribution in [2.24, 2.45) is 5.92 Å². The molecule has 0 spiro atoms. The molecule has 1 atom stereocenters. The lowest BCUT2D eigenvalue weighted by molar-refractivity contribution is -0.140. The van der Waals surface area contributed by atoms with Crippen molar-refractivity contribution in [3.63, 3.8) is 0 Å². The third-order valence-electron chi connectivity index (χ3n) is 6.71. The largest absolute Gasteiger partial charge is 0.488 e. The number of rotatable bonds is 8. The number of ether oxygens (including phenoxy) is 1. The highest BCUT2D eigenvalue weighted by molar-refractivity contribution is 7.14. The van der Waals surface area contributed by atoms with Gasteiger partial charge in [-0.15, -0.1) is 0 Å². The smallest absolute Gasteiger partial charge is 0.304 e. The zero-order valence-corrected chi connectivity index (χ0v) is 22.6. The molecule has 206 valence electrons. The minimum absolute atomic E-state index is 0.0321. The highest BCUT2D eigenvalue weighted by atomic mass is 32.1.